The molecule has 0 saturated heterocycles. The van der Waals surface area contributed by atoms with Gasteiger partial charge in [-0.3, -0.25) is 4.79 Å². The van der Waals surface area contributed by atoms with E-state index in [0.29, 0.717) is 32.9 Å². The summed E-state index contributed by atoms with van der Waals surface area (Å²) in [6.07, 6.45) is -0.625. The molecule has 0 saturated carbocycles. The van der Waals surface area contributed by atoms with Crippen molar-refractivity contribution in [2.45, 2.75) is 19.6 Å². The van der Waals surface area contributed by atoms with Crippen LogP contribution in [0.15, 0.2) is 66.7 Å². The number of halogens is 2. The molecular formula is C23H19Cl2N3O3. The van der Waals surface area contributed by atoms with Crippen LogP contribution < -0.4 is 20.3 Å². The highest BCUT2D eigenvalue weighted by Crippen LogP contribution is 2.37. The first-order chi connectivity index (χ1) is 14.9. The fourth-order valence-electron chi connectivity index (χ4n) is 3.30. The minimum atomic E-state index is -0.625. The topological polar surface area (TPSA) is 70.7 Å². The molecule has 3 aromatic rings. The zero-order chi connectivity index (χ0) is 22.0. The van der Waals surface area contributed by atoms with Crippen LogP contribution in [0.1, 0.15) is 12.5 Å². The van der Waals surface area contributed by atoms with E-state index in [-0.39, 0.29) is 12.5 Å². The zero-order valence-corrected chi connectivity index (χ0v) is 18.1. The van der Waals surface area contributed by atoms with E-state index in [0.717, 1.165) is 5.56 Å². The molecule has 4 rings (SSSR count). The Morgan fingerprint density at radius 1 is 1.00 bits per heavy atom. The molecule has 2 N–H and O–H groups in total. The molecule has 1 atom stereocenters. The number of carbonyl (C=O) groups excluding carboxylic acids is 2. The SMILES string of the molecule is CC1Oc2ccc(NC(=O)Nc3cccc(Cl)c3)cc2N(Cc2ccccc2Cl)C1=O. The number of hydrogen-bond acceptors (Lipinski definition) is 3. The fourth-order valence-corrected chi connectivity index (χ4v) is 3.69. The summed E-state index contributed by atoms with van der Waals surface area (Å²) in [6.45, 7) is 1.99. The Balaban J connectivity index is 1.58. The third kappa shape index (κ3) is 4.76. The Hall–Kier alpha value is -3.22. The van der Waals surface area contributed by atoms with Crippen LogP contribution in [-0.4, -0.2) is 18.0 Å². The van der Waals surface area contributed by atoms with Gasteiger partial charge in [0.05, 0.1) is 12.2 Å². The van der Waals surface area contributed by atoms with Gasteiger partial charge >= 0.3 is 6.03 Å². The molecule has 0 bridgehead atoms. The van der Waals surface area contributed by atoms with Crippen molar-refractivity contribution >= 4 is 52.2 Å². The number of carbonyl (C=O) groups is 2. The average Bonchev–Trinajstić information content (AvgIpc) is 2.73. The summed E-state index contributed by atoms with van der Waals surface area (Å²) >= 11 is 12.3. The molecule has 0 aromatic heterocycles. The molecule has 3 amide bonds. The number of fused-ring (bicyclic) bond motifs is 1. The van der Waals surface area contributed by atoms with Crippen LogP contribution in [0.4, 0.5) is 21.9 Å². The number of ether oxygens (including phenoxy) is 1. The average molecular weight is 456 g/mol. The third-order valence-corrected chi connectivity index (χ3v) is 5.40. The second-order valence-electron chi connectivity index (χ2n) is 7.05. The predicted octanol–water partition coefficient (Wildman–Crippen LogP) is 5.95. The maximum Gasteiger partial charge on any atom is 0.323 e. The second-order valence-corrected chi connectivity index (χ2v) is 7.89. The number of benzene rings is 3. The molecule has 6 nitrogen and oxygen atoms in total. The van der Waals surface area contributed by atoms with Crippen molar-refractivity contribution in [2.24, 2.45) is 0 Å². The van der Waals surface area contributed by atoms with Crippen LogP contribution in [0.3, 0.4) is 0 Å². The van der Waals surface area contributed by atoms with Crippen LogP contribution in [0.5, 0.6) is 5.75 Å². The quantitative estimate of drug-likeness (QED) is 0.510. The zero-order valence-electron chi connectivity index (χ0n) is 16.6. The maximum absolute atomic E-state index is 12.9. The first kappa shape index (κ1) is 21.0. The number of hydrogen-bond donors (Lipinski definition) is 2. The molecule has 0 spiro atoms. The standard InChI is InChI=1S/C23H19Cl2N3O3/c1-14-22(29)28(13-15-5-2-3-8-19(15)25)20-12-18(9-10-21(20)31-14)27-23(30)26-17-7-4-6-16(24)11-17/h2-12,14H,13H2,1H3,(H2,26,27,30). The van der Waals surface area contributed by atoms with Gasteiger partial charge in [0.2, 0.25) is 0 Å². The van der Waals surface area contributed by atoms with Gasteiger partial charge in [0.25, 0.3) is 5.91 Å². The lowest BCUT2D eigenvalue weighted by atomic mass is 10.1. The van der Waals surface area contributed by atoms with Crippen molar-refractivity contribution in [1.29, 1.82) is 0 Å². The fraction of sp³-hybridized carbons (Fsp3) is 0.130. The number of rotatable bonds is 4. The van der Waals surface area contributed by atoms with E-state index in [1.165, 1.54) is 0 Å². The lowest BCUT2D eigenvalue weighted by Gasteiger charge is -2.33. The monoisotopic (exact) mass is 455 g/mol. The lowest BCUT2D eigenvalue weighted by molar-refractivity contribution is -0.125. The van der Waals surface area contributed by atoms with Gasteiger partial charge < -0.3 is 20.3 Å². The Bertz CT molecular complexity index is 1150. The molecule has 3 aromatic carbocycles. The third-order valence-electron chi connectivity index (χ3n) is 4.79. The number of nitrogens with zero attached hydrogens (tertiary/aromatic N) is 1. The number of amides is 3. The van der Waals surface area contributed by atoms with Crippen LogP contribution in [-0.2, 0) is 11.3 Å². The van der Waals surface area contributed by atoms with Gasteiger partial charge in [-0.2, -0.15) is 0 Å². The van der Waals surface area contributed by atoms with Crippen molar-refractivity contribution in [2.75, 3.05) is 15.5 Å². The molecule has 8 heteroatoms. The van der Waals surface area contributed by atoms with Crippen molar-refractivity contribution in [1.82, 2.24) is 0 Å². The first-order valence-electron chi connectivity index (χ1n) is 9.60. The molecule has 158 valence electrons. The van der Waals surface area contributed by atoms with E-state index in [9.17, 15) is 9.59 Å². The van der Waals surface area contributed by atoms with E-state index in [4.69, 9.17) is 27.9 Å². The normalized spacial score (nSPS) is 15.1. The summed E-state index contributed by atoms with van der Waals surface area (Å²) in [5, 5.41) is 6.59. The highest BCUT2D eigenvalue weighted by Gasteiger charge is 2.32. The second kappa shape index (κ2) is 8.88. The first-order valence-corrected chi connectivity index (χ1v) is 10.4. The van der Waals surface area contributed by atoms with E-state index in [2.05, 4.69) is 10.6 Å². The minimum absolute atomic E-state index is 0.187. The van der Waals surface area contributed by atoms with Crippen LogP contribution in [0.25, 0.3) is 0 Å². The highest BCUT2D eigenvalue weighted by molar-refractivity contribution is 6.31. The number of anilines is 3. The van der Waals surface area contributed by atoms with Gasteiger partial charge in [-0.25, -0.2) is 4.79 Å². The largest absolute Gasteiger partial charge is 0.479 e. The number of nitrogens with one attached hydrogen (secondary N) is 2. The van der Waals surface area contributed by atoms with Crippen molar-refractivity contribution in [3.05, 3.63) is 82.3 Å². The van der Waals surface area contributed by atoms with Gasteiger partial charge in [0, 0.05) is 21.4 Å². The lowest BCUT2D eigenvalue weighted by Crippen LogP contribution is -2.44. The predicted molar refractivity (Wildman–Crippen MR) is 123 cm³/mol. The summed E-state index contributed by atoms with van der Waals surface area (Å²) in [7, 11) is 0. The molecule has 1 heterocycles. The smallest absolute Gasteiger partial charge is 0.323 e. The summed E-state index contributed by atoms with van der Waals surface area (Å²) < 4.78 is 5.74. The molecule has 1 unspecified atom stereocenters. The summed E-state index contributed by atoms with van der Waals surface area (Å²) in [5.74, 6) is 0.368. The highest BCUT2D eigenvalue weighted by atomic mass is 35.5. The summed E-state index contributed by atoms with van der Waals surface area (Å²) in [4.78, 5) is 26.9. The Kier molecular flexibility index (Phi) is 6.02. The van der Waals surface area contributed by atoms with Crippen molar-refractivity contribution < 1.29 is 14.3 Å². The summed E-state index contributed by atoms with van der Waals surface area (Å²) in [5.41, 5.74) is 2.45. The van der Waals surface area contributed by atoms with Gasteiger partial charge in [-0.05, 0) is 55.0 Å². The van der Waals surface area contributed by atoms with E-state index >= 15 is 0 Å². The van der Waals surface area contributed by atoms with E-state index < -0.39 is 12.1 Å². The van der Waals surface area contributed by atoms with E-state index in [1.807, 2.05) is 18.2 Å². The minimum Gasteiger partial charge on any atom is -0.479 e. The van der Waals surface area contributed by atoms with Gasteiger partial charge in [-0.1, -0.05) is 47.5 Å². The van der Waals surface area contributed by atoms with Gasteiger partial charge in [-0.15, -0.1) is 0 Å². The molecule has 31 heavy (non-hydrogen) atoms. The van der Waals surface area contributed by atoms with Crippen LogP contribution in [0, 0.1) is 0 Å². The van der Waals surface area contributed by atoms with E-state index in [1.54, 1.807) is 60.4 Å². The van der Waals surface area contributed by atoms with Crippen molar-refractivity contribution in [3.63, 3.8) is 0 Å². The van der Waals surface area contributed by atoms with Gasteiger partial charge in [0.1, 0.15) is 5.75 Å². The van der Waals surface area contributed by atoms with Crippen LogP contribution >= 0.6 is 23.2 Å². The molecule has 1 aliphatic rings. The summed E-state index contributed by atoms with van der Waals surface area (Å²) in [6, 6.07) is 18.9. The van der Waals surface area contributed by atoms with Crippen molar-refractivity contribution in [3.8, 4) is 5.75 Å². The maximum atomic E-state index is 12.9. The molecule has 0 aliphatic carbocycles. The molecule has 0 radical (unpaired) electrons. The molecule has 0 fully saturated rings. The van der Waals surface area contributed by atoms with Crippen LogP contribution in [0.2, 0.25) is 10.0 Å². The number of urea groups is 1. The Labute approximate surface area is 189 Å². The Morgan fingerprint density at radius 3 is 2.48 bits per heavy atom. The molecule has 1 aliphatic heterocycles. The van der Waals surface area contributed by atoms with Gasteiger partial charge in [0.15, 0.2) is 6.10 Å². The molecular weight excluding hydrogens is 437 g/mol. The Morgan fingerprint density at radius 2 is 1.74 bits per heavy atom.